The van der Waals surface area contributed by atoms with Crippen molar-refractivity contribution in [1.29, 1.82) is 0 Å². The molecule has 4 aromatic rings. The van der Waals surface area contributed by atoms with Gasteiger partial charge >= 0.3 is 5.69 Å². The summed E-state index contributed by atoms with van der Waals surface area (Å²) in [6.07, 6.45) is 0. The zero-order valence-corrected chi connectivity index (χ0v) is 16.0. The molecule has 8 heteroatoms. The number of carbonyl (C=O) groups is 1. The van der Waals surface area contributed by atoms with Crippen LogP contribution in [0.2, 0.25) is 0 Å². The number of nitrogens with one attached hydrogen (secondary N) is 1. The molecule has 0 fully saturated rings. The molecule has 0 bridgehead atoms. The van der Waals surface area contributed by atoms with Crippen molar-refractivity contribution in [2.24, 2.45) is 0 Å². The van der Waals surface area contributed by atoms with Gasteiger partial charge in [0.1, 0.15) is 5.52 Å². The number of hydrogen-bond acceptors (Lipinski definition) is 6. The van der Waals surface area contributed by atoms with E-state index >= 15 is 0 Å². The number of aryl methyl sites for hydroxylation is 1. The second-order valence-corrected chi connectivity index (χ2v) is 6.58. The molecule has 1 aromatic heterocycles. The third-order valence-corrected chi connectivity index (χ3v) is 4.47. The van der Waals surface area contributed by atoms with E-state index in [9.17, 15) is 14.9 Å². The molecule has 3 aromatic carbocycles. The molecule has 0 atom stereocenters. The molecule has 8 nitrogen and oxygen atoms in total. The Hall–Kier alpha value is -4.20. The minimum atomic E-state index is -0.554. The lowest BCUT2D eigenvalue weighted by Gasteiger charge is -2.10. The van der Waals surface area contributed by atoms with Gasteiger partial charge in [0.15, 0.2) is 17.9 Å². The molecule has 1 heterocycles. The molecular weight excluding hydrogens is 386 g/mol. The van der Waals surface area contributed by atoms with Crippen molar-refractivity contribution >= 4 is 28.4 Å². The topological polar surface area (TPSA) is 108 Å². The largest absolute Gasteiger partial charge is 0.477 e. The van der Waals surface area contributed by atoms with Gasteiger partial charge in [-0.05, 0) is 42.8 Å². The molecule has 0 radical (unpaired) electrons. The van der Waals surface area contributed by atoms with Crippen molar-refractivity contribution in [3.05, 3.63) is 82.4 Å². The third-order valence-electron chi connectivity index (χ3n) is 4.47. The average Bonchev–Trinajstić information content (AvgIpc) is 3.18. The summed E-state index contributed by atoms with van der Waals surface area (Å²) in [7, 11) is 0. The van der Waals surface area contributed by atoms with Crippen LogP contribution in [0.4, 0.5) is 11.4 Å². The first-order valence-corrected chi connectivity index (χ1v) is 9.14. The highest BCUT2D eigenvalue weighted by atomic mass is 16.6. The molecule has 0 aliphatic heterocycles. The SMILES string of the molecule is Cc1ccc(-c2nc3ccccc3o2)cc1NC(=O)COc1ccccc1[N+](=O)[O-]. The van der Waals surface area contributed by atoms with Crippen molar-refractivity contribution in [1.82, 2.24) is 4.98 Å². The highest BCUT2D eigenvalue weighted by molar-refractivity contribution is 5.93. The van der Waals surface area contributed by atoms with Gasteiger partial charge < -0.3 is 14.5 Å². The predicted octanol–water partition coefficient (Wildman–Crippen LogP) is 4.73. The summed E-state index contributed by atoms with van der Waals surface area (Å²) in [6, 6.07) is 18.8. The fourth-order valence-electron chi connectivity index (χ4n) is 2.95. The molecule has 4 rings (SSSR count). The molecule has 30 heavy (non-hydrogen) atoms. The van der Waals surface area contributed by atoms with Gasteiger partial charge in [0.25, 0.3) is 5.91 Å². The highest BCUT2D eigenvalue weighted by Gasteiger charge is 2.16. The Balaban J connectivity index is 1.50. The van der Waals surface area contributed by atoms with Crippen LogP contribution in [0.1, 0.15) is 5.56 Å². The number of aromatic nitrogens is 1. The number of para-hydroxylation sites is 4. The van der Waals surface area contributed by atoms with E-state index in [-0.39, 0.29) is 18.0 Å². The van der Waals surface area contributed by atoms with Gasteiger partial charge in [-0.25, -0.2) is 4.98 Å². The Morgan fingerprint density at radius 2 is 1.90 bits per heavy atom. The van der Waals surface area contributed by atoms with E-state index in [4.69, 9.17) is 9.15 Å². The van der Waals surface area contributed by atoms with E-state index in [0.717, 1.165) is 11.1 Å². The molecule has 1 N–H and O–H groups in total. The van der Waals surface area contributed by atoms with Crippen LogP contribution in [0.3, 0.4) is 0 Å². The maximum Gasteiger partial charge on any atom is 0.310 e. The van der Waals surface area contributed by atoms with Crippen LogP contribution in [0.15, 0.2) is 71.1 Å². The van der Waals surface area contributed by atoms with Gasteiger partial charge in [-0.3, -0.25) is 14.9 Å². The van der Waals surface area contributed by atoms with Gasteiger partial charge in [0.05, 0.1) is 4.92 Å². The average molecular weight is 403 g/mol. The van der Waals surface area contributed by atoms with Crippen molar-refractivity contribution < 1.29 is 18.9 Å². The summed E-state index contributed by atoms with van der Waals surface area (Å²) in [6.45, 7) is 1.49. The van der Waals surface area contributed by atoms with E-state index in [2.05, 4.69) is 10.3 Å². The van der Waals surface area contributed by atoms with E-state index in [1.54, 1.807) is 12.1 Å². The number of nitrogens with zero attached hydrogens (tertiary/aromatic N) is 2. The molecule has 0 saturated heterocycles. The Kier molecular flexibility index (Phi) is 5.13. The number of nitro benzene ring substituents is 1. The standard InChI is InChI=1S/C22H17N3O5/c1-14-10-11-15(22-24-16-6-2-4-8-19(16)30-22)12-17(14)23-21(26)13-29-20-9-5-3-7-18(20)25(27)28/h2-12H,13H2,1H3,(H,23,26). The van der Waals surface area contributed by atoms with Crippen LogP contribution < -0.4 is 10.1 Å². The number of carbonyl (C=O) groups excluding carboxylic acids is 1. The van der Waals surface area contributed by atoms with E-state index < -0.39 is 10.8 Å². The van der Waals surface area contributed by atoms with Gasteiger partial charge in [-0.15, -0.1) is 0 Å². The smallest absolute Gasteiger partial charge is 0.310 e. The van der Waals surface area contributed by atoms with Crippen molar-refractivity contribution in [2.75, 3.05) is 11.9 Å². The second-order valence-electron chi connectivity index (χ2n) is 6.58. The van der Waals surface area contributed by atoms with E-state index in [1.165, 1.54) is 18.2 Å². The number of nitro groups is 1. The van der Waals surface area contributed by atoms with Crippen LogP contribution in [-0.4, -0.2) is 22.4 Å². The fourth-order valence-corrected chi connectivity index (χ4v) is 2.95. The number of hydrogen-bond donors (Lipinski definition) is 1. The summed E-state index contributed by atoms with van der Waals surface area (Å²) in [5.41, 5.74) is 3.36. The summed E-state index contributed by atoms with van der Waals surface area (Å²) in [4.78, 5) is 27.3. The van der Waals surface area contributed by atoms with Gasteiger partial charge in [0, 0.05) is 17.3 Å². The first-order valence-electron chi connectivity index (χ1n) is 9.14. The normalized spacial score (nSPS) is 10.7. The number of benzene rings is 3. The van der Waals surface area contributed by atoms with Gasteiger partial charge in [-0.2, -0.15) is 0 Å². The summed E-state index contributed by atoms with van der Waals surface area (Å²) >= 11 is 0. The van der Waals surface area contributed by atoms with Crippen LogP contribution in [0, 0.1) is 17.0 Å². The summed E-state index contributed by atoms with van der Waals surface area (Å²) in [5, 5.41) is 13.8. The molecule has 0 unspecified atom stereocenters. The monoisotopic (exact) mass is 403 g/mol. The molecule has 0 spiro atoms. The maximum absolute atomic E-state index is 12.4. The zero-order chi connectivity index (χ0) is 21.1. The lowest BCUT2D eigenvalue weighted by atomic mass is 10.1. The molecule has 0 aliphatic carbocycles. The number of amides is 1. The zero-order valence-electron chi connectivity index (χ0n) is 16.0. The number of fused-ring (bicyclic) bond motifs is 1. The summed E-state index contributed by atoms with van der Waals surface area (Å²) < 4.78 is 11.1. The molecule has 0 saturated carbocycles. The van der Waals surface area contributed by atoms with Crippen LogP contribution in [0.5, 0.6) is 5.75 Å². The lowest BCUT2D eigenvalue weighted by molar-refractivity contribution is -0.385. The van der Waals surface area contributed by atoms with Crippen molar-refractivity contribution in [3.8, 4) is 17.2 Å². The lowest BCUT2D eigenvalue weighted by Crippen LogP contribution is -2.21. The first kappa shape index (κ1) is 19.1. The van der Waals surface area contributed by atoms with Gasteiger partial charge in [-0.1, -0.05) is 30.3 Å². The number of anilines is 1. The maximum atomic E-state index is 12.4. The van der Waals surface area contributed by atoms with Crippen molar-refractivity contribution in [2.45, 2.75) is 6.92 Å². The van der Waals surface area contributed by atoms with Crippen LogP contribution in [-0.2, 0) is 4.79 Å². The minimum absolute atomic E-state index is 0.0367. The van der Waals surface area contributed by atoms with E-state index in [0.29, 0.717) is 22.7 Å². The number of oxazole rings is 1. The van der Waals surface area contributed by atoms with E-state index in [1.807, 2.05) is 43.3 Å². The second kappa shape index (κ2) is 8.04. The minimum Gasteiger partial charge on any atom is -0.477 e. The Morgan fingerprint density at radius 1 is 1.13 bits per heavy atom. The Bertz CT molecular complexity index is 1220. The summed E-state index contributed by atoms with van der Waals surface area (Å²) in [5.74, 6) is 0.0448. The third kappa shape index (κ3) is 3.97. The number of ether oxygens (including phenoxy) is 1. The van der Waals surface area contributed by atoms with Gasteiger partial charge in [0.2, 0.25) is 5.89 Å². The Labute approximate surface area is 171 Å². The fraction of sp³-hybridized carbons (Fsp3) is 0.0909. The van der Waals surface area contributed by atoms with Crippen LogP contribution >= 0.6 is 0 Å². The molecule has 150 valence electrons. The van der Waals surface area contributed by atoms with Crippen LogP contribution in [0.25, 0.3) is 22.6 Å². The molecular formula is C22H17N3O5. The highest BCUT2D eigenvalue weighted by Crippen LogP contribution is 2.28. The first-order chi connectivity index (χ1) is 14.5. The number of rotatable bonds is 6. The predicted molar refractivity (Wildman–Crippen MR) is 111 cm³/mol. The molecule has 1 amide bonds. The molecule has 0 aliphatic rings. The Morgan fingerprint density at radius 3 is 2.70 bits per heavy atom. The van der Waals surface area contributed by atoms with Crippen molar-refractivity contribution in [3.63, 3.8) is 0 Å². The quantitative estimate of drug-likeness (QED) is 0.368.